The van der Waals surface area contributed by atoms with E-state index in [1.54, 1.807) is 14.2 Å². The Kier molecular flexibility index (Phi) is 7.83. The molecule has 0 aromatic heterocycles. The predicted octanol–water partition coefficient (Wildman–Crippen LogP) is 5.77. The molecule has 2 amide bonds. The van der Waals surface area contributed by atoms with E-state index < -0.39 is 4.75 Å². The Morgan fingerprint density at radius 1 is 0.853 bits per heavy atom. The first-order valence-corrected chi connectivity index (χ1v) is 12.9. The summed E-state index contributed by atoms with van der Waals surface area (Å²) in [5.74, 6) is 1.20. The van der Waals surface area contributed by atoms with Gasteiger partial charge in [-0.15, -0.1) is 0 Å². The number of ether oxygens (including phenoxy) is 2. The minimum Gasteiger partial charge on any atom is -0.493 e. The Labute approximate surface area is 218 Å². The van der Waals surface area contributed by atoms with Gasteiger partial charge in [-0.1, -0.05) is 66.7 Å². The summed E-state index contributed by atoms with van der Waals surface area (Å²) >= 11 is 3.39. The number of carbonyl (C=O) groups is 2. The summed E-state index contributed by atoms with van der Waals surface area (Å²) in [6.07, 6.45) is 1.55. The highest BCUT2D eigenvalue weighted by atomic mass is 127. The normalized spacial score (nSPS) is 15.0. The SMILES string of the molecule is COc1ccc(CCN2C(=O)SC(Cc3ccccc3)(Cc3ccccc3)C2=O)c(I)c1OC. The molecule has 0 unspecified atom stereocenters. The molecule has 1 aliphatic heterocycles. The summed E-state index contributed by atoms with van der Waals surface area (Å²) in [6.45, 7) is 0.321. The van der Waals surface area contributed by atoms with Gasteiger partial charge < -0.3 is 9.47 Å². The number of hydrogen-bond donors (Lipinski definition) is 0. The molecular weight excluding hydrogens is 561 g/mol. The molecule has 0 bridgehead atoms. The van der Waals surface area contributed by atoms with Crippen LogP contribution < -0.4 is 9.47 Å². The molecule has 7 heteroatoms. The summed E-state index contributed by atoms with van der Waals surface area (Å²) in [7, 11) is 3.21. The number of methoxy groups -OCH3 is 2. The molecule has 0 radical (unpaired) electrons. The van der Waals surface area contributed by atoms with Crippen LogP contribution in [-0.4, -0.2) is 41.6 Å². The maximum atomic E-state index is 13.8. The zero-order valence-corrected chi connectivity index (χ0v) is 22.1. The average Bonchev–Trinajstić information content (AvgIpc) is 3.07. The van der Waals surface area contributed by atoms with Gasteiger partial charge in [-0.3, -0.25) is 14.5 Å². The molecule has 5 nitrogen and oxygen atoms in total. The van der Waals surface area contributed by atoms with Crippen LogP contribution >= 0.6 is 34.4 Å². The highest BCUT2D eigenvalue weighted by Gasteiger charge is 2.52. The van der Waals surface area contributed by atoms with Crippen molar-refractivity contribution in [3.63, 3.8) is 0 Å². The van der Waals surface area contributed by atoms with Crippen molar-refractivity contribution < 1.29 is 19.1 Å². The number of carbonyl (C=O) groups excluding carboxylic acids is 2. The topological polar surface area (TPSA) is 55.8 Å². The van der Waals surface area contributed by atoms with Crippen molar-refractivity contribution in [2.75, 3.05) is 20.8 Å². The van der Waals surface area contributed by atoms with Crippen LogP contribution in [0.2, 0.25) is 0 Å². The van der Waals surface area contributed by atoms with Crippen LogP contribution in [0.15, 0.2) is 72.8 Å². The summed E-state index contributed by atoms with van der Waals surface area (Å²) in [6, 6.07) is 23.7. The fourth-order valence-electron chi connectivity index (χ4n) is 4.28. The number of halogens is 1. The summed E-state index contributed by atoms with van der Waals surface area (Å²) in [5, 5.41) is -0.188. The number of benzene rings is 3. The van der Waals surface area contributed by atoms with E-state index in [0.29, 0.717) is 37.3 Å². The van der Waals surface area contributed by atoms with Gasteiger partial charge in [0.2, 0.25) is 5.91 Å². The second-order valence-corrected chi connectivity index (χ2v) is 10.6. The van der Waals surface area contributed by atoms with E-state index in [0.717, 1.165) is 32.0 Å². The van der Waals surface area contributed by atoms with Crippen molar-refractivity contribution >= 4 is 45.5 Å². The third-order valence-corrected chi connectivity index (χ3v) is 8.40. The van der Waals surface area contributed by atoms with Crippen LogP contribution in [0.1, 0.15) is 16.7 Å². The van der Waals surface area contributed by atoms with Gasteiger partial charge in [-0.2, -0.15) is 0 Å². The Balaban J connectivity index is 1.59. The molecule has 4 rings (SSSR count). The lowest BCUT2D eigenvalue weighted by Crippen LogP contribution is -2.43. The Bertz CT molecular complexity index is 1130. The van der Waals surface area contributed by atoms with Crippen molar-refractivity contribution in [2.24, 2.45) is 0 Å². The van der Waals surface area contributed by atoms with Crippen LogP contribution in [0.3, 0.4) is 0 Å². The zero-order chi connectivity index (χ0) is 24.1. The third kappa shape index (κ3) is 5.10. The maximum Gasteiger partial charge on any atom is 0.289 e. The van der Waals surface area contributed by atoms with Crippen LogP contribution in [0.5, 0.6) is 11.5 Å². The molecular formula is C27H26INO4S. The molecule has 1 saturated heterocycles. The number of nitrogens with zero attached hydrogens (tertiary/aromatic N) is 1. The van der Waals surface area contributed by atoms with Gasteiger partial charge in [0, 0.05) is 6.54 Å². The Morgan fingerprint density at radius 2 is 1.44 bits per heavy atom. The summed E-state index contributed by atoms with van der Waals surface area (Å²) < 4.78 is 10.9. The number of rotatable bonds is 9. The van der Waals surface area contributed by atoms with E-state index in [2.05, 4.69) is 22.6 Å². The molecule has 34 heavy (non-hydrogen) atoms. The molecule has 1 fully saturated rings. The van der Waals surface area contributed by atoms with E-state index in [9.17, 15) is 9.59 Å². The van der Waals surface area contributed by atoms with Crippen LogP contribution in [-0.2, 0) is 24.1 Å². The zero-order valence-electron chi connectivity index (χ0n) is 19.1. The quantitative estimate of drug-likeness (QED) is 0.298. The highest BCUT2D eigenvalue weighted by Crippen LogP contribution is 2.43. The fourth-order valence-corrected chi connectivity index (χ4v) is 6.51. The van der Waals surface area contributed by atoms with Crippen molar-refractivity contribution in [1.82, 2.24) is 4.90 Å². The van der Waals surface area contributed by atoms with Crippen molar-refractivity contribution in [2.45, 2.75) is 24.0 Å². The third-order valence-electron chi connectivity index (χ3n) is 5.97. The largest absolute Gasteiger partial charge is 0.493 e. The van der Waals surface area contributed by atoms with Gasteiger partial charge in [-0.05, 0) is 76.4 Å². The molecule has 1 heterocycles. The van der Waals surface area contributed by atoms with Gasteiger partial charge in [0.05, 0.1) is 17.8 Å². The maximum absolute atomic E-state index is 13.8. The van der Waals surface area contributed by atoms with Crippen molar-refractivity contribution in [3.05, 3.63) is 93.1 Å². The lowest BCUT2D eigenvalue weighted by atomic mass is 9.90. The van der Waals surface area contributed by atoms with Gasteiger partial charge in [-0.25, -0.2) is 0 Å². The first kappa shape index (κ1) is 24.6. The van der Waals surface area contributed by atoms with Gasteiger partial charge >= 0.3 is 0 Å². The minimum absolute atomic E-state index is 0.120. The predicted molar refractivity (Wildman–Crippen MR) is 144 cm³/mol. The van der Waals surface area contributed by atoms with Gasteiger partial charge in [0.25, 0.3) is 5.24 Å². The average molecular weight is 587 g/mol. The van der Waals surface area contributed by atoms with Crippen LogP contribution in [0, 0.1) is 3.57 Å². The Hall–Kier alpha value is -2.52. The second kappa shape index (κ2) is 10.8. The lowest BCUT2D eigenvalue weighted by molar-refractivity contribution is -0.129. The van der Waals surface area contributed by atoms with Crippen molar-refractivity contribution in [3.8, 4) is 11.5 Å². The van der Waals surface area contributed by atoms with Crippen LogP contribution in [0.4, 0.5) is 4.79 Å². The summed E-state index contributed by atoms with van der Waals surface area (Å²) in [5.41, 5.74) is 3.10. The standard InChI is InChI=1S/C27H26INO4S/c1-32-22-14-13-21(23(28)24(22)33-2)15-16-29-25(30)27(34-26(29)31,17-19-9-5-3-6-10-19)18-20-11-7-4-8-12-20/h3-14H,15-18H2,1-2H3. The molecule has 0 spiro atoms. The molecule has 0 aliphatic carbocycles. The lowest BCUT2D eigenvalue weighted by Gasteiger charge is -2.26. The molecule has 0 atom stereocenters. The monoisotopic (exact) mass is 587 g/mol. The van der Waals surface area contributed by atoms with E-state index in [1.807, 2.05) is 72.8 Å². The van der Waals surface area contributed by atoms with E-state index in [4.69, 9.17) is 9.47 Å². The van der Waals surface area contributed by atoms with Gasteiger partial charge in [0.1, 0.15) is 4.75 Å². The molecule has 3 aromatic carbocycles. The second-order valence-electron chi connectivity index (χ2n) is 8.17. The van der Waals surface area contributed by atoms with Crippen molar-refractivity contribution in [1.29, 1.82) is 0 Å². The Morgan fingerprint density at radius 3 is 1.97 bits per heavy atom. The molecule has 0 N–H and O–H groups in total. The number of thioether (sulfide) groups is 1. The number of hydrogen-bond acceptors (Lipinski definition) is 5. The van der Waals surface area contributed by atoms with E-state index >= 15 is 0 Å². The molecule has 176 valence electrons. The smallest absolute Gasteiger partial charge is 0.289 e. The number of amides is 2. The first-order valence-electron chi connectivity index (χ1n) is 11.0. The van der Waals surface area contributed by atoms with Crippen LogP contribution in [0.25, 0.3) is 0 Å². The molecule has 1 aliphatic rings. The molecule has 3 aromatic rings. The summed E-state index contributed by atoms with van der Waals surface area (Å²) in [4.78, 5) is 28.4. The van der Waals surface area contributed by atoms with E-state index in [-0.39, 0.29) is 11.1 Å². The highest BCUT2D eigenvalue weighted by molar-refractivity contribution is 14.1. The van der Waals surface area contributed by atoms with Gasteiger partial charge in [0.15, 0.2) is 11.5 Å². The molecule has 0 saturated carbocycles. The first-order chi connectivity index (χ1) is 16.5. The minimum atomic E-state index is -0.857. The number of imide groups is 1. The fraction of sp³-hybridized carbons (Fsp3) is 0.259. The van der Waals surface area contributed by atoms with E-state index in [1.165, 1.54) is 4.90 Å².